The van der Waals surface area contributed by atoms with Crippen LogP contribution in [0.4, 0.5) is 5.95 Å². The number of hydrogen-bond donors (Lipinski definition) is 1. The summed E-state index contributed by atoms with van der Waals surface area (Å²) in [5.41, 5.74) is 3.83. The van der Waals surface area contributed by atoms with Gasteiger partial charge in [0.1, 0.15) is 0 Å². The fourth-order valence-corrected chi connectivity index (χ4v) is 2.76. The lowest BCUT2D eigenvalue weighted by Gasteiger charge is -2.33. The Balaban J connectivity index is 2.09. The van der Waals surface area contributed by atoms with Gasteiger partial charge in [0.2, 0.25) is 5.95 Å². The molecule has 1 aromatic rings. The average Bonchev–Trinajstić information content (AvgIpc) is 2.46. The van der Waals surface area contributed by atoms with Crippen LogP contribution < -0.4 is 10.2 Å². The molecule has 23 heavy (non-hydrogen) atoms. The van der Waals surface area contributed by atoms with Gasteiger partial charge in [-0.3, -0.25) is 4.18 Å². The lowest BCUT2D eigenvalue weighted by Crippen LogP contribution is -2.41. The Bertz CT molecular complexity index is 707. The van der Waals surface area contributed by atoms with E-state index in [1.807, 2.05) is 18.7 Å². The number of anilines is 1. The molecular formula is C15H22N4O3S. The second-order valence-electron chi connectivity index (χ2n) is 5.57. The van der Waals surface area contributed by atoms with Crippen molar-refractivity contribution in [3.05, 3.63) is 41.5 Å². The molecule has 2 rings (SSSR count). The van der Waals surface area contributed by atoms with Gasteiger partial charge >= 0.3 is 0 Å². The number of nitrogens with zero attached hydrogens (tertiary/aromatic N) is 3. The van der Waals surface area contributed by atoms with E-state index in [0.717, 1.165) is 41.9 Å². The Labute approximate surface area is 137 Å². The summed E-state index contributed by atoms with van der Waals surface area (Å²) < 4.78 is 26.6. The highest BCUT2D eigenvalue weighted by Crippen LogP contribution is 2.23. The SMILES string of the molecule is C=C1NCCN(c2ncc(CCOS(C)(=O)=O)cn2)C1=C(C)C. The molecule has 0 aliphatic carbocycles. The highest BCUT2D eigenvalue weighted by atomic mass is 32.2. The van der Waals surface area contributed by atoms with Gasteiger partial charge in [-0.25, -0.2) is 9.97 Å². The van der Waals surface area contributed by atoms with Crippen LogP contribution in [0.2, 0.25) is 0 Å². The molecule has 1 aliphatic heterocycles. The van der Waals surface area contributed by atoms with E-state index in [2.05, 4.69) is 21.9 Å². The maximum absolute atomic E-state index is 10.9. The van der Waals surface area contributed by atoms with E-state index >= 15 is 0 Å². The minimum absolute atomic E-state index is 0.0885. The molecule has 0 spiro atoms. The van der Waals surface area contributed by atoms with Gasteiger partial charge in [-0.05, 0) is 19.4 Å². The van der Waals surface area contributed by atoms with Crippen molar-refractivity contribution in [2.24, 2.45) is 0 Å². The zero-order valence-electron chi connectivity index (χ0n) is 13.7. The van der Waals surface area contributed by atoms with Crippen molar-refractivity contribution in [3.8, 4) is 0 Å². The highest BCUT2D eigenvalue weighted by molar-refractivity contribution is 7.85. The molecule has 0 saturated carbocycles. The van der Waals surface area contributed by atoms with Gasteiger partial charge < -0.3 is 10.2 Å². The molecule has 1 fully saturated rings. The Morgan fingerprint density at radius 2 is 2.04 bits per heavy atom. The second-order valence-corrected chi connectivity index (χ2v) is 7.22. The van der Waals surface area contributed by atoms with Gasteiger partial charge in [-0.2, -0.15) is 8.42 Å². The predicted octanol–water partition coefficient (Wildman–Crippen LogP) is 1.21. The molecule has 8 heteroatoms. The number of rotatable bonds is 5. The molecule has 0 radical (unpaired) electrons. The van der Waals surface area contributed by atoms with Gasteiger partial charge in [-0.15, -0.1) is 0 Å². The Kier molecular flexibility index (Phi) is 5.38. The topological polar surface area (TPSA) is 84.4 Å². The molecular weight excluding hydrogens is 316 g/mol. The smallest absolute Gasteiger partial charge is 0.264 e. The van der Waals surface area contributed by atoms with Crippen LogP contribution in [-0.4, -0.2) is 44.3 Å². The van der Waals surface area contributed by atoms with Gasteiger partial charge in [0.15, 0.2) is 0 Å². The van der Waals surface area contributed by atoms with E-state index in [9.17, 15) is 8.42 Å². The summed E-state index contributed by atoms with van der Waals surface area (Å²) in [7, 11) is -3.41. The largest absolute Gasteiger partial charge is 0.382 e. The number of allylic oxidation sites excluding steroid dienone is 1. The number of piperazine rings is 1. The van der Waals surface area contributed by atoms with E-state index < -0.39 is 10.1 Å². The first-order valence-corrected chi connectivity index (χ1v) is 9.13. The van der Waals surface area contributed by atoms with Crippen molar-refractivity contribution in [1.29, 1.82) is 0 Å². The summed E-state index contributed by atoms with van der Waals surface area (Å²) >= 11 is 0. The molecule has 0 unspecified atom stereocenters. The van der Waals surface area contributed by atoms with E-state index in [-0.39, 0.29) is 6.61 Å². The van der Waals surface area contributed by atoms with E-state index in [1.54, 1.807) is 12.4 Å². The third kappa shape index (κ3) is 4.77. The summed E-state index contributed by atoms with van der Waals surface area (Å²) in [6.45, 7) is 9.71. The van der Waals surface area contributed by atoms with Crippen molar-refractivity contribution in [1.82, 2.24) is 15.3 Å². The normalized spacial score (nSPS) is 15.5. The Morgan fingerprint density at radius 1 is 1.39 bits per heavy atom. The lowest BCUT2D eigenvalue weighted by molar-refractivity contribution is 0.325. The van der Waals surface area contributed by atoms with Crippen LogP contribution in [0.25, 0.3) is 0 Å². The molecule has 0 aromatic carbocycles. The summed E-state index contributed by atoms with van der Waals surface area (Å²) in [5.74, 6) is 0.608. The van der Waals surface area contributed by atoms with Gasteiger partial charge in [0.25, 0.3) is 10.1 Å². The summed E-state index contributed by atoms with van der Waals surface area (Å²) in [4.78, 5) is 10.8. The minimum atomic E-state index is -3.41. The van der Waals surface area contributed by atoms with Crippen molar-refractivity contribution in [2.75, 3.05) is 30.9 Å². The lowest BCUT2D eigenvalue weighted by atomic mass is 10.1. The summed E-state index contributed by atoms with van der Waals surface area (Å²) in [5, 5.41) is 3.24. The molecule has 126 valence electrons. The molecule has 0 bridgehead atoms. The number of aromatic nitrogens is 2. The maximum Gasteiger partial charge on any atom is 0.264 e. The van der Waals surface area contributed by atoms with E-state index in [4.69, 9.17) is 4.18 Å². The van der Waals surface area contributed by atoms with E-state index in [1.165, 1.54) is 0 Å². The Morgan fingerprint density at radius 3 is 2.61 bits per heavy atom. The number of hydrogen-bond acceptors (Lipinski definition) is 7. The molecule has 2 heterocycles. The van der Waals surface area contributed by atoms with Crippen molar-refractivity contribution in [2.45, 2.75) is 20.3 Å². The highest BCUT2D eigenvalue weighted by Gasteiger charge is 2.22. The van der Waals surface area contributed by atoms with Crippen LogP contribution in [0.3, 0.4) is 0 Å². The number of nitrogens with one attached hydrogen (secondary N) is 1. The first kappa shape index (κ1) is 17.4. The molecule has 1 aromatic heterocycles. The van der Waals surface area contributed by atoms with Crippen LogP contribution in [0.15, 0.2) is 35.9 Å². The summed E-state index contributed by atoms with van der Waals surface area (Å²) in [6.07, 6.45) is 4.87. The van der Waals surface area contributed by atoms with Crippen molar-refractivity contribution >= 4 is 16.1 Å². The fraction of sp³-hybridized carbons (Fsp3) is 0.467. The maximum atomic E-state index is 10.9. The first-order chi connectivity index (χ1) is 10.8. The third-order valence-electron chi connectivity index (χ3n) is 3.32. The van der Waals surface area contributed by atoms with Crippen molar-refractivity contribution < 1.29 is 12.6 Å². The van der Waals surface area contributed by atoms with Crippen LogP contribution in [0.5, 0.6) is 0 Å². The minimum Gasteiger partial charge on any atom is -0.382 e. The molecule has 1 N–H and O–H groups in total. The zero-order chi connectivity index (χ0) is 17.0. The monoisotopic (exact) mass is 338 g/mol. The van der Waals surface area contributed by atoms with Crippen LogP contribution in [0.1, 0.15) is 19.4 Å². The van der Waals surface area contributed by atoms with Crippen molar-refractivity contribution in [3.63, 3.8) is 0 Å². The fourth-order valence-electron chi connectivity index (χ4n) is 2.38. The Hall–Kier alpha value is -1.93. The first-order valence-electron chi connectivity index (χ1n) is 7.31. The van der Waals surface area contributed by atoms with Crippen LogP contribution in [-0.2, 0) is 20.7 Å². The van der Waals surface area contributed by atoms with Gasteiger partial charge in [0.05, 0.1) is 24.3 Å². The average molecular weight is 338 g/mol. The predicted molar refractivity (Wildman–Crippen MR) is 89.4 cm³/mol. The molecule has 0 atom stereocenters. The van der Waals surface area contributed by atoms with Gasteiger partial charge in [0, 0.05) is 31.9 Å². The van der Waals surface area contributed by atoms with Crippen LogP contribution in [0, 0.1) is 0 Å². The molecule has 0 amide bonds. The second kappa shape index (κ2) is 7.10. The zero-order valence-corrected chi connectivity index (χ0v) is 14.5. The van der Waals surface area contributed by atoms with Gasteiger partial charge in [-0.1, -0.05) is 12.2 Å². The standard InChI is InChI=1S/C15H22N4O3S/c1-11(2)14-12(3)16-6-7-19(14)15-17-9-13(10-18-15)5-8-22-23(4,20)21/h9-10,16H,3,5-8H2,1-2,4H3. The molecule has 1 aliphatic rings. The summed E-state index contributed by atoms with van der Waals surface area (Å²) in [6, 6.07) is 0. The molecule has 7 nitrogen and oxygen atoms in total. The van der Waals surface area contributed by atoms with Crippen LogP contribution >= 0.6 is 0 Å². The third-order valence-corrected chi connectivity index (χ3v) is 3.92. The quantitative estimate of drug-likeness (QED) is 0.808. The van der Waals surface area contributed by atoms with E-state index in [0.29, 0.717) is 12.4 Å². The molecule has 1 saturated heterocycles.